The van der Waals surface area contributed by atoms with Crippen molar-refractivity contribution in [1.29, 1.82) is 0 Å². The van der Waals surface area contributed by atoms with E-state index >= 15 is 0 Å². The molecule has 1 amide bonds. The highest BCUT2D eigenvalue weighted by Gasteiger charge is 2.07. The van der Waals surface area contributed by atoms with Crippen LogP contribution in [0.5, 0.6) is 0 Å². The molecule has 0 fully saturated rings. The van der Waals surface area contributed by atoms with Gasteiger partial charge in [0.05, 0.1) is 10.7 Å². The van der Waals surface area contributed by atoms with Crippen molar-refractivity contribution >= 4 is 23.2 Å². The third-order valence-corrected chi connectivity index (χ3v) is 2.96. The van der Waals surface area contributed by atoms with E-state index in [2.05, 4.69) is 5.32 Å². The fourth-order valence-corrected chi connectivity index (χ4v) is 1.92. The molecule has 0 atom stereocenters. The summed E-state index contributed by atoms with van der Waals surface area (Å²) in [5, 5.41) is 3.22. The van der Waals surface area contributed by atoms with Gasteiger partial charge in [-0.2, -0.15) is 0 Å². The first kappa shape index (κ1) is 13.4. The first-order chi connectivity index (χ1) is 9.08. The molecule has 0 aliphatic carbocycles. The Labute approximate surface area is 115 Å². The van der Waals surface area contributed by atoms with Crippen LogP contribution in [-0.2, 0) is 6.54 Å². The lowest BCUT2D eigenvalue weighted by molar-refractivity contribution is 0.1000. The van der Waals surface area contributed by atoms with Crippen molar-refractivity contribution in [1.82, 2.24) is 0 Å². The predicted molar refractivity (Wildman–Crippen MR) is 73.7 cm³/mol. The van der Waals surface area contributed by atoms with Crippen LogP contribution < -0.4 is 11.1 Å². The van der Waals surface area contributed by atoms with Gasteiger partial charge in [-0.1, -0.05) is 29.8 Å². The molecule has 0 heterocycles. The Morgan fingerprint density at radius 2 is 2.00 bits per heavy atom. The second kappa shape index (κ2) is 5.71. The van der Waals surface area contributed by atoms with Crippen molar-refractivity contribution in [3.63, 3.8) is 0 Å². The minimum absolute atomic E-state index is 0.244. The van der Waals surface area contributed by atoms with E-state index in [-0.39, 0.29) is 5.69 Å². The van der Waals surface area contributed by atoms with E-state index in [1.807, 2.05) is 6.07 Å². The summed E-state index contributed by atoms with van der Waals surface area (Å²) in [6.07, 6.45) is 0. The molecule has 3 N–H and O–H groups in total. The van der Waals surface area contributed by atoms with Gasteiger partial charge in [0.1, 0.15) is 5.82 Å². The minimum atomic E-state index is -0.495. The van der Waals surface area contributed by atoms with Gasteiger partial charge in [0.2, 0.25) is 5.91 Å². The summed E-state index contributed by atoms with van der Waals surface area (Å²) in [4.78, 5) is 11.1. The van der Waals surface area contributed by atoms with Crippen molar-refractivity contribution in [2.75, 3.05) is 5.32 Å². The molecule has 2 aromatic carbocycles. The van der Waals surface area contributed by atoms with Gasteiger partial charge in [-0.15, -0.1) is 0 Å². The molecular weight excluding hydrogens is 267 g/mol. The molecule has 0 unspecified atom stereocenters. The van der Waals surface area contributed by atoms with E-state index in [0.717, 1.165) is 5.56 Å². The van der Waals surface area contributed by atoms with Crippen LogP contribution in [0, 0.1) is 5.82 Å². The molecule has 0 bridgehead atoms. The monoisotopic (exact) mass is 278 g/mol. The number of primary amides is 1. The SMILES string of the molecule is NC(=O)c1cccc(CNc2c(F)cccc2Cl)c1. The van der Waals surface area contributed by atoms with Crippen LogP contribution in [0.3, 0.4) is 0 Å². The maximum atomic E-state index is 13.5. The Bertz CT molecular complexity index is 596. The van der Waals surface area contributed by atoms with Gasteiger partial charge < -0.3 is 11.1 Å². The first-order valence-electron chi connectivity index (χ1n) is 5.64. The number of nitrogens with one attached hydrogen (secondary N) is 1. The third-order valence-electron chi connectivity index (χ3n) is 2.64. The van der Waals surface area contributed by atoms with Gasteiger partial charge >= 0.3 is 0 Å². The molecule has 19 heavy (non-hydrogen) atoms. The Morgan fingerprint density at radius 1 is 1.26 bits per heavy atom. The average molecular weight is 279 g/mol. The summed E-state index contributed by atoms with van der Waals surface area (Å²) in [5.41, 5.74) is 6.67. The molecular formula is C14H12ClFN2O. The number of halogens is 2. The van der Waals surface area contributed by atoms with E-state index in [1.54, 1.807) is 24.3 Å². The van der Waals surface area contributed by atoms with Crippen LogP contribution in [0.25, 0.3) is 0 Å². The Kier molecular flexibility index (Phi) is 4.02. The highest BCUT2D eigenvalue weighted by molar-refractivity contribution is 6.33. The highest BCUT2D eigenvalue weighted by Crippen LogP contribution is 2.25. The molecule has 0 aliphatic rings. The summed E-state index contributed by atoms with van der Waals surface area (Å²) in [7, 11) is 0. The summed E-state index contributed by atoms with van der Waals surface area (Å²) in [6.45, 7) is 0.349. The summed E-state index contributed by atoms with van der Waals surface area (Å²) >= 11 is 5.90. The van der Waals surface area contributed by atoms with Gasteiger partial charge in [-0.3, -0.25) is 4.79 Å². The summed E-state index contributed by atoms with van der Waals surface area (Å²) in [5.74, 6) is -0.913. The van der Waals surface area contributed by atoms with Crippen molar-refractivity contribution in [2.45, 2.75) is 6.54 Å². The number of benzene rings is 2. The van der Waals surface area contributed by atoms with E-state index in [4.69, 9.17) is 17.3 Å². The number of hydrogen-bond acceptors (Lipinski definition) is 2. The zero-order valence-corrected chi connectivity index (χ0v) is 10.7. The van der Waals surface area contributed by atoms with Gasteiger partial charge in [0, 0.05) is 12.1 Å². The van der Waals surface area contributed by atoms with Crippen LogP contribution in [0.4, 0.5) is 10.1 Å². The van der Waals surface area contributed by atoms with Gasteiger partial charge in [0.25, 0.3) is 0 Å². The number of hydrogen-bond donors (Lipinski definition) is 2. The number of carbonyl (C=O) groups is 1. The zero-order chi connectivity index (χ0) is 13.8. The van der Waals surface area contributed by atoms with Crippen LogP contribution in [0.1, 0.15) is 15.9 Å². The molecule has 0 radical (unpaired) electrons. The lowest BCUT2D eigenvalue weighted by atomic mass is 10.1. The second-order valence-electron chi connectivity index (χ2n) is 4.01. The number of para-hydroxylation sites is 1. The van der Waals surface area contributed by atoms with Crippen LogP contribution >= 0.6 is 11.6 Å². The van der Waals surface area contributed by atoms with E-state index in [9.17, 15) is 9.18 Å². The minimum Gasteiger partial charge on any atom is -0.377 e. The van der Waals surface area contributed by atoms with Gasteiger partial charge in [-0.05, 0) is 29.8 Å². The Hall–Kier alpha value is -2.07. The molecule has 0 spiro atoms. The van der Waals surface area contributed by atoms with E-state index in [0.29, 0.717) is 17.1 Å². The highest BCUT2D eigenvalue weighted by atomic mass is 35.5. The summed E-state index contributed by atoms with van der Waals surface area (Å²) < 4.78 is 13.5. The topological polar surface area (TPSA) is 55.1 Å². The number of nitrogens with two attached hydrogens (primary N) is 1. The molecule has 0 saturated heterocycles. The standard InChI is InChI=1S/C14H12ClFN2O/c15-11-5-2-6-12(16)13(11)18-8-9-3-1-4-10(7-9)14(17)19/h1-7,18H,8H2,(H2,17,19). The molecule has 98 valence electrons. The van der Waals surface area contributed by atoms with Crippen molar-refractivity contribution in [2.24, 2.45) is 5.73 Å². The van der Waals surface area contributed by atoms with E-state index in [1.165, 1.54) is 12.1 Å². The van der Waals surface area contributed by atoms with E-state index < -0.39 is 11.7 Å². The smallest absolute Gasteiger partial charge is 0.248 e. The molecule has 5 heteroatoms. The summed E-state index contributed by atoms with van der Waals surface area (Å²) in [6, 6.07) is 11.3. The largest absolute Gasteiger partial charge is 0.377 e. The van der Waals surface area contributed by atoms with Gasteiger partial charge in [0.15, 0.2) is 0 Å². The fourth-order valence-electron chi connectivity index (χ4n) is 1.69. The van der Waals surface area contributed by atoms with Gasteiger partial charge in [-0.25, -0.2) is 4.39 Å². The van der Waals surface area contributed by atoms with Crippen molar-refractivity contribution in [3.8, 4) is 0 Å². The fraction of sp³-hybridized carbons (Fsp3) is 0.0714. The number of rotatable bonds is 4. The Balaban J connectivity index is 2.15. The average Bonchev–Trinajstić information content (AvgIpc) is 2.38. The number of anilines is 1. The maximum Gasteiger partial charge on any atom is 0.248 e. The first-order valence-corrected chi connectivity index (χ1v) is 6.02. The lowest BCUT2D eigenvalue weighted by Crippen LogP contribution is -2.11. The van der Waals surface area contributed by atoms with Crippen molar-refractivity contribution in [3.05, 3.63) is 64.4 Å². The second-order valence-corrected chi connectivity index (χ2v) is 4.42. The number of carbonyl (C=O) groups excluding carboxylic acids is 1. The van der Waals surface area contributed by atoms with Crippen LogP contribution in [-0.4, -0.2) is 5.91 Å². The van der Waals surface area contributed by atoms with Crippen LogP contribution in [0.2, 0.25) is 5.02 Å². The third kappa shape index (κ3) is 3.23. The molecule has 3 nitrogen and oxygen atoms in total. The predicted octanol–water partition coefficient (Wildman–Crippen LogP) is 3.19. The molecule has 0 saturated carbocycles. The molecule has 0 aromatic heterocycles. The maximum absolute atomic E-state index is 13.5. The lowest BCUT2D eigenvalue weighted by Gasteiger charge is -2.10. The Morgan fingerprint density at radius 3 is 2.68 bits per heavy atom. The number of amides is 1. The quantitative estimate of drug-likeness (QED) is 0.902. The molecule has 2 aromatic rings. The zero-order valence-electron chi connectivity index (χ0n) is 9.99. The molecule has 0 aliphatic heterocycles. The molecule has 2 rings (SSSR count). The van der Waals surface area contributed by atoms with Crippen LogP contribution in [0.15, 0.2) is 42.5 Å². The normalized spacial score (nSPS) is 10.2. The van der Waals surface area contributed by atoms with Crippen molar-refractivity contribution < 1.29 is 9.18 Å².